The summed E-state index contributed by atoms with van der Waals surface area (Å²) in [6.45, 7) is 1.42. The third kappa shape index (κ3) is 3.93. The van der Waals surface area contributed by atoms with Crippen LogP contribution in [0.3, 0.4) is 0 Å². The van der Waals surface area contributed by atoms with Crippen LogP contribution in [0, 0.1) is 5.41 Å². The summed E-state index contributed by atoms with van der Waals surface area (Å²) in [4.78, 5) is 0. The molecule has 24 heavy (non-hydrogen) atoms. The van der Waals surface area contributed by atoms with E-state index < -0.39 is 0 Å². The summed E-state index contributed by atoms with van der Waals surface area (Å²) >= 11 is 0. The van der Waals surface area contributed by atoms with Gasteiger partial charge in [-0.2, -0.15) is 0 Å². The molecule has 0 unspecified atom stereocenters. The van der Waals surface area contributed by atoms with E-state index in [1.807, 2.05) is 19.2 Å². The molecule has 0 atom stereocenters. The van der Waals surface area contributed by atoms with E-state index in [2.05, 4.69) is 52.0 Å². The van der Waals surface area contributed by atoms with Crippen LogP contribution in [0.15, 0.2) is 55.0 Å². The van der Waals surface area contributed by atoms with E-state index in [1.165, 1.54) is 16.5 Å². The number of pyridine rings is 1. The van der Waals surface area contributed by atoms with Crippen molar-refractivity contribution in [1.29, 1.82) is 5.41 Å². The minimum absolute atomic E-state index is 0.210. The number of amidine groups is 1. The lowest BCUT2D eigenvalue weighted by molar-refractivity contribution is -0.670. The van der Waals surface area contributed by atoms with Gasteiger partial charge in [0.05, 0.1) is 23.3 Å². The van der Waals surface area contributed by atoms with Gasteiger partial charge in [-0.25, -0.2) is 4.57 Å². The Balaban J connectivity index is 1.62. The first-order chi connectivity index (χ1) is 11.6. The number of nitrogens with two attached hydrogens (primary N) is 1. The number of benzene rings is 1. The number of ether oxygens (including phenoxy) is 1. The molecule has 124 valence electrons. The number of aromatic nitrogens is 2. The van der Waals surface area contributed by atoms with Crippen LogP contribution in [0.2, 0.25) is 0 Å². The van der Waals surface area contributed by atoms with Crippen LogP contribution in [0.1, 0.15) is 18.4 Å². The third-order valence-electron chi connectivity index (χ3n) is 3.98. The van der Waals surface area contributed by atoms with Gasteiger partial charge >= 0.3 is 0 Å². The molecule has 1 aromatic carbocycles. The molecule has 0 saturated heterocycles. The van der Waals surface area contributed by atoms with Crippen molar-refractivity contribution in [2.45, 2.75) is 19.4 Å². The minimum atomic E-state index is 0.210. The lowest BCUT2D eigenvalue weighted by atomic mass is 10.2. The predicted octanol–water partition coefficient (Wildman–Crippen LogP) is 2.61. The van der Waals surface area contributed by atoms with Crippen molar-refractivity contribution < 1.29 is 9.30 Å². The Bertz CT molecular complexity index is 836. The topological polar surface area (TPSA) is 67.9 Å². The van der Waals surface area contributed by atoms with E-state index in [4.69, 9.17) is 15.9 Å². The summed E-state index contributed by atoms with van der Waals surface area (Å²) < 4.78 is 9.98. The highest BCUT2D eigenvalue weighted by atomic mass is 16.5. The summed E-state index contributed by atoms with van der Waals surface area (Å²) in [7, 11) is 2.03. The maximum atomic E-state index is 7.19. The largest absolute Gasteiger partial charge is 0.494 e. The highest BCUT2D eigenvalue weighted by Crippen LogP contribution is 2.17. The van der Waals surface area contributed by atoms with Crippen molar-refractivity contribution in [3.05, 3.63) is 60.6 Å². The van der Waals surface area contributed by atoms with Crippen molar-refractivity contribution in [1.82, 2.24) is 4.57 Å². The van der Waals surface area contributed by atoms with Crippen LogP contribution < -0.4 is 15.0 Å². The van der Waals surface area contributed by atoms with Gasteiger partial charge in [-0.15, -0.1) is 0 Å². The fourth-order valence-electron chi connectivity index (χ4n) is 2.73. The second kappa shape index (κ2) is 7.17. The van der Waals surface area contributed by atoms with Crippen LogP contribution in [0.4, 0.5) is 0 Å². The van der Waals surface area contributed by atoms with Gasteiger partial charge < -0.3 is 15.0 Å². The highest BCUT2D eigenvalue weighted by molar-refractivity contribution is 5.78. The van der Waals surface area contributed by atoms with Gasteiger partial charge in [0.2, 0.25) is 0 Å². The molecule has 5 heteroatoms. The first-order valence-corrected chi connectivity index (χ1v) is 8.10. The van der Waals surface area contributed by atoms with Gasteiger partial charge in [0.1, 0.15) is 12.8 Å². The van der Waals surface area contributed by atoms with Crippen LogP contribution >= 0.6 is 0 Å². The zero-order valence-electron chi connectivity index (χ0n) is 13.9. The SMILES string of the molecule is C[n+]1ccc2c(ccn2Cc2ccc(OCCCC(=N)N)cc2)c1. The molecule has 0 aliphatic heterocycles. The molecule has 0 amide bonds. The molecule has 3 N–H and O–H groups in total. The van der Waals surface area contributed by atoms with Crippen molar-refractivity contribution in [3.8, 4) is 5.75 Å². The smallest absolute Gasteiger partial charge is 0.177 e. The molecule has 0 spiro atoms. The molecule has 2 heterocycles. The summed E-state index contributed by atoms with van der Waals surface area (Å²) in [6.07, 6.45) is 7.66. The number of fused-ring (bicyclic) bond motifs is 1. The monoisotopic (exact) mass is 323 g/mol. The quantitative estimate of drug-likeness (QED) is 0.304. The fraction of sp³-hybridized carbons (Fsp3) is 0.263. The molecule has 3 aromatic rings. The normalized spacial score (nSPS) is 10.9. The molecule has 0 aliphatic carbocycles. The summed E-state index contributed by atoms with van der Waals surface area (Å²) in [5.41, 5.74) is 7.80. The van der Waals surface area contributed by atoms with Gasteiger partial charge in [-0.1, -0.05) is 12.1 Å². The number of aryl methyl sites for hydroxylation is 1. The molecule has 0 bridgehead atoms. The molecule has 2 aromatic heterocycles. The molecule has 0 saturated carbocycles. The van der Waals surface area contributed by atoms with Crippen LogP contribution in [-0.4, -0.2) is 17.0 Å². The molecule has 3 rings (SSSR count). The highest BCUT2D eigenvalue weighted by Gasteiger charge is 2.05. The van der Waals surface area contributed by atoms with Gasteiger partial charge in [0.15, 0.2) is 12.4 Å². The summed E-state index contributed by atoms with van der Waals surface area (Å²) in [5, 5.41) is 8.43. The first-order valence-electron chi connectivity index (χ1n) is 8.10. The second-order valence-corrected chi connectivity index (χ2v) is 6.02. The maximum Gasteiger partial charge on any atom is 0.177 e. The summed E-state index contributed by atoms with van der Waals surface area (Å²) in [6, 6.07) is 12.5. The molecule has 0 radical (unpaired) electrons. The molecule has 0 fully saturated rings. The van der Waals surface area contributed by atoms with E-state index in [0.717, 1.165) is 18.7 Å². The van der Waals surface area contributed by atoms with Gasteiger partial charge in [-0.3, -0.25) is 5.41 Å². The molecular weight excluding hydrogens is 300 g/mol. The fourth-order valence-corrected chi connectivity index (χ4v) is 2.73. The lowest BCUT2D eigenvalue weighted by Crippen LogP contribution is -2.25. The standard InChI is InChI=1S/C19H23N4O/c1-22-10-9-18-16(14-22)8-11-23(18)13-15-4-6-17(7-5-15)24-12-2-3-19(20)21/h4-11,14H,2-3,12-13H2,1H3,(H3,20,21)/q+1. The van der Waals surface area contributed by atoms with Gasteiger partial charge in [-0.05, 0) is 30.2 Å². The zero-order chi connectivity index (χ0) is 16.9. The van der Waals surface area contributed by atoms with Crippen LogP contribution in [-0.2, 0) is 13.6 Å². The van der Waals surface area contributed by atoms with Gasteiger partial charge in [0.25, 0.3) is 0 Å². The van der Waals surface area contributed by atoms with Crippen molar-refractivity contribution >= 4 is 16.7 Å². The van der Waals surface area contributed by atoms with E-state index in [-0.39, 0.29) is 5.84 Å². The Kier molecular flexibility index (Phi) is 4.79. The van der Waals surface area contributed by atoms with Crippen molar-refractivity contribution in [3.63, 3.8) is 0 Å². The Hall–Kier alpha value is -2.82. The average Bonchev–Trinajstić information content (AvgIpc) is 2.95. The molecular formula is C19H23N4O+. The van der Waals surface area contributed by atoms with Crippen molar-refractivity contribution in [2.75, 3.05) is 6.61 Å². The Labute approximate surface area is 141 Å². The number of hydrogen-bond acceptors (Lipinski definition) is 2. The Morgan fingerprint density at radius 3 is 2.75 bits per heavy atom. The average molecular weight is 323 g/mol. The van der Waals surface area contributed by atoms with Gasteiger partial charge in [0, 0.05) is 25.2 Å². The van der Waals surface area contributed by atoms with E-state index >= 15 is 0 Å². The van der Waals surface area contributed by atoms with Crippen molar-refractivity contribution in [2.24, 2.45) is 12.8 Å². The lowest BCUT2D eigenvalue weighted by Gasteiger charge is -2.08. The van der Waals surface area contributed by atoms with E-state index in [1.54, 1.807) is 0 Å². The molecule has 5 nitrogen and oxygen atoms in total. The maximum absolute atomic E-state index is 7.19. The predicted molar refractivity (Wildman–Crippen MR) is 95.3 cm³/mol. The number of hydrogen-bond donors (Lipinski definition) is 2. The summed E-state index contributed by atoms with van der Waals surface area (Å²) in [5.74, 6) is 1.06. The molecule has 0 aliphatic rings. The number of nitrogens with zero attached hydrogens (tertiary/aromatic N) is 2. The third-order valence-corrected chi connectivity index (χ3v) is 3.98. The number of rotatable bonds is 7. The van der Waals surface area contributed by atoms with Crippen LogP contribution in [0.25, 0.3) is 10.9 Å². The Morgan fingerprint density at radius 1 is 1.21 bits per heavy atom. The van der Waals surface area contributed by atoms with E-state index in [9.17, 15) is 0 Å². The van der Waals surface area contributed by atoms with Crippen LogP contribution in [0.5, 0.6) is 5.75 Å². The number of nitrogens with one attached hydrogen (secondary N) is 1. The van der Waals surface area contributed by atoms with E-state index in [0.29, 0.717) is 13.0 Å². The second-order valence-electron chi connectivity index (χ2n) is 6.02. The first kappa shape index (κ1) is 16.1. The Morgan fingerprint density at radius 2 is 2.00 bits per heavy atom. The zero-order valence-corrected chi connectivity index (χ0v) is 13.9. The minimum Gasteiger partial charge on any atom is -0.494 e.